The first kappa shape index (κ1) is 18.4. The van der Waals surface area contributed by atoms with E-state index < -0.39 is 25.0 Å². The molecule has 1 aromatic carbocycles. The standard InChI is InChI=1S/C21H22N2O5/c1-11-3-4-12(2)15(7-11)22-16(24)10-28-17(25)9-23-20(26)18-13-5-6-14(8-13)19(18)21(23)27/h3-7,13-14,18-19H,8-10H2,1-2H3,(H,22,24)/t13-,14-,18+,19+/m0/s1. The molecule has 7 heteroatoms. The molecule has 1 saturated carbocycles. The third-order valence-corrected chi connectivity index (χ3v) is 5.88. The fraction of sp³-hybridized carbons (Fsp3) is 0.429. The first-order valence-corrected chi connectivity index (χ1v) is 9.41. The Balaban J connectivity index is 1.30. The molecule has 4 atom stereocenters. The number of rotatable bonds is 5. The number of nitrogens with zero attached hydrogens (tertiary/aromatic N) is 1. The number of likely N-dealkylation sites (tertiary alicyclic amines) is 1. The van der Waals surface area contributed by atoms with Gasteiger partial charge in [-0.2, -0.15) is 0 Å². The number of hydrogen-bond acceptors (Lipinski definition) is 5. The third-order valence-electron chi connectivity index (χ3n) is 5.88. The summed E-state index contributed by atoms with van der Waals surface area (Å²) in [6.07, 6.45) is 4.83. The second-order valence-corrected chi connectivity index (χ2v) is 7.79. The van der Waals surface area contributed by atoms with E-state index in [-0.39, 0.29) is 35.5 Å². The van der Waals surface area contributed by atoms with Crippen LogP contribution in [-0.4, -0.2) is 41.7 Å². The maximum absolute atomic E-state index is 12.6. The van der Waals surface area contributed by atoms with Gasteiger partial charge in [0.05, 0.1) is 11.8 Å². The van der Waals surface area contributed by atoms with Crippen LogP contribution in [0.1, 0.15) is 17.5 Å². The van der Waals surface area contributed by atoms with Crippen LogP contribution in [0.3, 0.4) is 0 Å². The number of allylic oxidation sites excluding steroid dienone is 2. The number of amides is 3. The summed E-state index contributed by atoms with van der Waals surface area (Å²) in [5.74, 6) is -2.34. The van der Waals surface area contributed by atoms with Crippen molar-refractivity contribution in [2.75, 3.05) is 18.5 Å². The van der Waals surface area contributed by atoms with E-state index in [9.17, 15) is 19.2 Å². The fourth-order valence-corrected chi connectivity index (χ4v) is 4.50. The Kier molecular flexibility index (Phi) is 4.53. The summed E-state index contributed by atoms with van der Waals surface area (Å²) in [6, 6.07) is 5.66. The SMILES string of the molecule is Cc1ccc(C)c(NC(=O)COC(=O)CN2C(=O)[C@H]3[C@H](C2=O)[C@H]2C=C[C@H]3C2)c1. The lowest BCUT2D eigenvalue weighted by molar-refractivity contribution is -0.154. The van der Waals surface area contributed by atoms with Crippen LogP contribution >= 0.6 is 0 Å². The second kappa shape index (κ2) is 6.89. The van der Waals surface area contributed by atoms with E-state index >= 15 is 0 Å². The van der Waals surface area contributed by atoms with Gasteiger partial charge in [0, 0.05) is 5.69 Å². The van der Waals surface area contributed by atoms with Gasteiger partial charge in [0.15, 0.2) is 6.61 Å². The largest absolute Gasteiger partial charge is 0.454 e. The number of anilines is 1. The molecule has 28 heavy (non-hydrogen) atoms. The quantitative estimate of drug-likeness (QED) is 0.474. The van der Waals surface area contributed by atoms with Crippen LogP contribution in [0.15, 0.2) is 30.4 Å². The molecule has 0 radical (unpaired) electrons. The summed E-state index contributed by atoms with van der Waals surface area (Å²) in [4.78, 5) is 50.3. The van der Waals surface area contributed by atoms with Crippen molar-refractivity contribution >= 4 is 29.4 Å². The summed E-state index contributed by atoms with van der Waals surface area (Å²) < 4.78 is 4.98. The number of carbonyl (C=O) groups excluding carboxylic acids is 4. The van der Waals surface area contributed by atoms with Gasteiger partial charge in [-0.05, 0) is 49.3 Å². The van der Waals surface area contributed by atoms with Gasteiger partial charge in [0.2, 0.25) is 11.8 Å². The van der Waals surface area contributed by atoms with Crippen molar-refractivity contribution < 1.29 is 23.9 Å². The number of hydrogen-bond donors (Lipinski definition) is 1. The van der Waals surface area contributed by atoms with E-state index in [4.69, 9.17) is 4.74 Å². The minimum Gasteiger partial charge on any atom is -0.454 e. The zero-order valence-electron chi connectivity index (χ0n) is 15.8. The average Bonchev–Trinajstić information content (AvgIpc) is 3.33. The Bertz CT molecular complexity index is 876. The van der Waals surface area contributed by atoms with E-state index in [1.165, 1.54) is 0 Å². The van der Waals surface area contributed by atoms with E-state index in [1.807, 2.05) is 44.2 Å². The molecule has 3 aliphatic rings. The van der Waals surface area contributed by atoms with Gasteiger partial charge in [-0.25, -0.2) is 0 Å². The summed E-state index contributed by atoms with van der Waals surface area (Å²) in [7, 11) is 0. The minimum atomic E-state index is -0.766. The van der Waals surface area contributed by atoms with Gasteiger partial charge in [0.25, 0.3) is 5.91 Å². The molecule has 1 saturated heterocycles. The van der Waals surface area contributed by atoms with Crippen LogP contribution < -0.4 is 5.32 Å². The normalized spacial score (nSPS) is 27.3. The lowest BCUT2D eigenvalue weighted by Crippen LogP contribution is -2.38. The van der Waals surface area contributed by atoms with Gasteiger partial charge in [-0.15, -0.1) is 0 Å². The van der Waals surface area contributed by atoms with Gasteiger partial charge >= 0.3 is 5.97 Å². The molecule has 2 aliphatic carbocycles. The van der Waals surface area contributed by atoms with Gasteiger partial charge < -0.3 is 10.1 Å². The molecule has 1 aromatic rings. The molecule has 7 nitrogen and oxygen atoms in total. The number of aryl methyl sites for hydroxylation is 2. The number of benzene rings is 1. The van der Waals surface area contributed by atoms with E-state index in [0.717, 1.165) is 22.4 Å². The number of imide groups is 1. The molecule has 146 valence electrons. The van der Waals surface area contributed by atoms with Crippen LogP contribution in [0.5, 0.6) is 0 Å². The highest BCUT2D eigenvalue weighted by Gasteiger charge is 2.59. The highest BCUT2D eigenvalue weighted by atomic mass is 16.5. The molecule has 2 fully saturated rings. The lowest BCUT2D eigenvalue weighted by atomic mass is 9.85. The van der Waals surface area contributed by atoms with Crippen molar-refractivity contribution in [2.45, 2.75) is 20.3 Å². The van der Waals surface area contributed by atoms with Gasteiger partial charge in [0.1, 0.15) is 6.54 Å². The predicted octanol–water partition coefficient (Wildman–Crippen LogP) is 1.59. The van der Waals surface area contributed by atoms with Gasteiger partial charge in [-0.3, -0.25) is 24.1 Å². The smallest absolute Gasteiger partial charge is 0.326 e. The van der Waals surface area contributed by atoms with Crippen LogP contribution in [-0.2, 0) is 23.9 Å². The Labute approximate surface area is 162 Å². The molecule has 0 spiro atoms. The Hall–Kier alpha value is -2.96. The third kappa shape index (κ3) is 3.10. The highest BCUT2D eigenvalue weighted by Crippen LogP contribution is 2.52. The molecule has 1 N–H and O–H groups in total. The van der Waals surface area contributed by atoms with Crippen LogP contribution in [0.25, 0.3) is 0 Å². The van der Waals surface area contributed by atoms with E-state index in [0.29, 0.717) is 5.69 Å². The molecule has 0 aromatic heterocycles. The monoisotopic (exact) mass is 382 g/mol. The Morgan fingerprint density at radius 3 is 2.39 bits per heavy atom. The number of nitrogens with one attached hydrogen (secondary N) is 1. The first-order chi connectivity index (χ1) is 13.3. The summed E-state index contributed by atoms with van der Waals surface area (Å²) in [6.45, 7) is 2.86. The summed E-state index contributed by atoms with van der Waals surface area (Å²) in [5.41, 5.74) is 2.55. The number of carbonyl (C=O) groups is 4. The van der Waals surface area contributed by atoms with Crippen molar-refractivity contribution in [3.05, 3.63) is 41.5 Å². The van der Waals surface area contributed by atoms with Crippen molar-refractivity contribution in [1.29, 1.82) is 0 Å². The molecular weight excluding hydrogens is 360 g/mol. The molecular formula is C21H22N2O5. The topological polar surface area (TPSA) is 92.8 Å². The molecule has 2 bridgehead atoms. The Morgan fingerprint density at radius 1 is 1.11 bits per heavy atom. The van der Waals surface area contributed by atoms with Gasteiger partial charge in [-0.1, -0.05) is 24.3 Å². The van der Waals surface area contributed by atoms with Crippen LogP contribution in [0, 0.1) is 37.5 Å². The number of esters is 1. The van der Waals surface area contributed by atoms with Crippen molar-refractivity contribution in [2.24, 2.45) is 23.7 Å². The number of ether oxygens (including phenoxy) is 1. The van der Waals surface area contributed by atoms with Crippen LogP contribution in [0.2, 0.25) is 0 Å². The fourth-order valence-electron chi connectivity index (χ4n) is 4.50. The zero-order valence-corrected chi connectivity index (χ0v) is 15.8. The first-order valence-electron chi connectivity index (χ1n) is 9.41. The maximum atomic E-state index is 12.6. The summed E-state index contributed by atoms with van der Waals surface area (Å²) in [5, 5.41) is 2.70. The molecule has 0 unspecified atom stereocenters. The molecule has 1 aliphatic heterocycles. The van der Waals surface area contributed by atoms with E-state index in [1.54, 1.807) is 0 Å². The molecule has 4 rings (SSSR count). The maximum Gasteiger partial charge on any atom is 0.326 e. The predicted molar refractivity (Wildman–Crippen MR) is 99.9 cm³/mol. The van der Waals surface area contributed by atoms with Crippen LogP contribution in [0.4, 0.5) is 5.69 Å². The van der Waals surface area contributed by atoms with Crippen molar-refractivity contribution in [3.8, 4) is 0 Å². The minimum absolute atomic E-state index is 0.0933. The zero-order chi connectivity index (χ0) is 20.0. The second-order valence-electron chi connectivity index (χ2n) is 7.79. The summed E-state index contributed by atoms with van der Waals surface area (Å²) >= 11 is 0. The van der Waals surface area contributed by atoms with Crippen molar-refractivity contribution in [1.82, 2.24) is 4.90 Å². The van der Waals surface area contributed by atoms with Crippen molar-refractivity contribution in [3.63, 3.8) is 0 Å². The Morgan fingerprint density at radius 2 is 1.75 bits per heavy atom. The molecule has 3 amide bonds. The number of fused-ring (bicyclic) bond motifs is 5. The molecule has 1 heterocycles. The average molecular weight is 382 g/mol. The van der Waals surface area contributed by atoms with E-state index in [2.05, 4.69) is 5.32 Å². The highest BCUT2D eigenvalue weighted by molar-refractivity contribution is 6.08. The lowest BCUT2D eigenvalue weighted by Gasteiger charge is -2.16.